The van der Waals surface area contributed by atoms with Crippen LogP contribution < -0.4 is 0 Å². The van der Waals surface area contributed by atoms with Gasteiger partial charge in [0, 0.05) is 5.56 Å². The van der Waals surface area contributed by atoms with E-state index < -0.39 is 0 Å². The summed E-state index contributed by atoms with van der Waals surface area (Å²) >= 11 is 6.98. The molecule has 0 aliphatic rings. The molecule has 14 heavy (non-hydrogen) atoms. The summed E-state index contributed by atoms with van der Waals surface area (Å²) in [5.74, 6) is 0. The second-order valence-electron chi connectivity index (χ2n) is 2.92. The fraction of sp³-hybridized carbons (Fsp3) is 0.200. The molecule has 0 aliphatic heterocycles. The third-order valence-corrected chi connectivity index (χ3v) is 3.04. The lowest BCUT2D eigenvalue weighted by Crippen LogP contribution is -1.80. The molecule has 0 bridgehead atoms. The van der Waals surface area contributed by atoms with Crippen molar-refractivity contribution in [2.45, 2.75) is 13.3 Å². The van der Waals surface area contributed by atoms with Gasteiger partial charge in [-0.1, -0.05) is 31.2 Å². The number of aromatic nitrogens is 2. The molecule has 0 atom stereocenters. The van der Waals surface area contributed by atoms with Gasteiger partial charge in [0.05, 0.1) is 0 Å². The highest BCUT2D eigenvalue weighted by molar-refractivity contribution is 7.09. The van der Waals surface area contributed by atoms with Gasteiger partial charge in [-0.05, 0) is 35.1 Å². The Balaban J connectivity index is 2.33. The molecule has 4 heteroatoms. The van der Waals surface area contributed by atoms with Crippen molar-refractivity contribution < 1.29 is 0 Å². The topological polar surface area (TPSA) is 25.8 Å². The molecule has 1 heterocycles. The number of halogens is 1. The fourth-order valence-electron chi connectivity index (χ4n) is 1.21. The average Bonchev–Trinajstić information content (AvgIpc) is 2.65. The molecule has 0 fully saturated rings. The van der Waals surface area contributed by atoms with Crippen LogP contribution in [0.5, 0.6) is 0 Å². The van der Waals surface area contributed by atoms with E-state index in [0.29, 0.717) is 5.28 Å². The molecule has 72 valence electrons. The van der Waals surface area contributed by atoms with Crippen LogP contribution in [0.25, 0.3) is 10.6 Å². The Bertz CT molecular complexity index is 422. The molecular weight excluding hydrogens is 216 g/mol. The predicted molar refractivity (Wildman–Crippen MR) is 59.7 cm³/mol. The quantitative estimate of drug-likeness (QED) is 0.781. The van der Waals surface area contributed by atoms with Crippen LogP contribution >= 0.6 is 23.1 Å². The molecule has 0 spiro atoms. The van der Waals surface area contributed by atoms with Crippen molar-refractivity contribution in [1.82, 2.24) is 9.36 Å². The van der Waals surface area contributed by atoms with Crippen LogP contribution in [0.3, 0.4) is 0 Å². The van der Waals surface area contributed by atoms with E-state index in [1.165, 1.54) is 17.1 Å². The monoisotopic (exact) mass is 224 g/mol. The minimum atomic E-state index is 0.324. The molecular formula is C10H9ClN2S. The Morgan fingerprint density at radius 1 is 1.29 bits per heavy atom. The highest BCUT2D eigenvalue weighted by Crippen LogP contribution is 2.23. The first kappa shape index (κ1) is 9.62. The summed E-state index contributed by atoms with van der Waals surface area (Å²) in [7, 11) is 0. The van der Waals surface area contributed by atoms with Gasteiger partial charge in [0.25, 0.3) is 0 Å². The van der Waals surface area contributed by atoms with Crippen molar-refractivity contribution in [3.63, 3.8) is 0 Å². The van der Waals surface area contributed by atoms with Crippen molar-refractivity contribution in [2.24, 2.45) is 0 Å². The summed E-state index contributed by atoms with van der Waals surface area (Å²) in [6.07, 6.45) is 1.05. The van der Waals surface area contributed by atoms with Crippen LogP contribution in [0.1, 0.15) is 12.5 Å². The molecule has 2 aromatic rings. The number of nitrogens with zero attached hydrogens (tertiary/aromatic N) is 2. The zero-order valence-electron chi connectivity index (χ0n) is 7.70. The normalized spacial score (nSPS) is 10.4. The summed E-state index contributed by atoms with van der Waals surface area (Å²) in [5.41, 5.74) is 2.40. The van der Waals surface area contributed by atoms with Gasteiger partial charge in [0.15, 0.2) is 0 Å². The molecule has 0 unspecified atom stereocenters. The molecule has 1 aromatic heterocycles. The van der Waals surface area contributed by atoms with Gasteiger partial charge in [-0.25, -0.2) is 4.98 Å². The summed E-state index contributed by atoms with van der Waals surface area (Å²) < 4.78 is 3.93. The first-order valence-corrected chi connectivity index (χ1v) is 5.53. The lowest BCUT2D eigenvalue weighted by atomic mass is 10.1. The maximum absolute atomic E-state index is 5.66. The number of hydrogen-bond donors (Lipinski definition) is 0. The largest absolute Gasteiger partial charge is 0.234 e. The van der Waals surface area contributed by atoms with E-state index in [9.17, 15) is 0 Å². The van der Waals surface area contributed by atoms with Crippen LogP contribution in [0.2, 0.25) is 5.28 Å². The summed E-state index contributed by atoms with van der Waals surface area (Å²) in [6.45, 7) is 2.14. The molecule has 1 aromatic carbocycles. The number of benzene rings is 1. The maximum atomic E-state index is 5.66. The molecule has 0 aliphatic carbocycles. The second-order valence-corrected chi connectivity index (χ2v) is 4.01. The lowest BCUT2D eigenvalue weighted by molar-refractivity contribution is 1.14. The first-order valence-electron chi connectivity index (χ1n) is 4.38. The van der Waals surface area contributed by atoms with E-state index in [4.69, 9.17) is 11.6 Å². The predicted octanol–water partition coefficient (Wildman–Crippen LogP) is 3.42. The minimum absolute atomic E-state index is 0.324. The fourth-order valence-corrected chi connectivity index (χ4v) is 2.02. The number of hydrogen-bond acceptors (Lipinski definition) is 3. The minimum Gasteiger partial charge on any atom is -0.205 e. The van der Waals surface area contributed by atoms with Gasteiger partial charge in [-0.15, -0.1) is 0 Å². The van der Waals surface area contributed by atoms with Gasteiger partial charge >= 0.3 is 0 Å². The molecule has 0 amide bonds. The Morgan fingerprint density at radius 2 is 2.00 bits per heavy atom. The van der Waals surface area contributed by atoms with Crippen LogP contribution in [0.4, 0.5) is 0 Å². The van der Waals surface area contributed by atoms with Crippen LogP contribution in [0, 0.1) is 0 Å². The number of rotatable bonds is 2. The standard InChI is InChI=1S/C10H9ClN2S/c1-2-7-3-5-8(6-4-7)9-12-10(11)13-14-9/h3-6H,2H2,1H3. The molecule has 0 saturated carbocycles. The molecule has 0 saturated heterocycles. The Labute approximate surface area is 91.7 Å². The summed E-state index contributed by atoms with van der Waals surface area (Å²) in [5, 5.41) is 1.20. The Kier molecular flexibility index (Phi) is 2.79. The van der Waals surface area contributed by atoms with E-state index in [0.717, 1.165) is 17.0 Å². The Morgan fingerprint density at radius 3 is 2.50 bits per heavy atom. The van der Waals surface area contributed by atoms with Gasteiger partial charge in [0.2, 0.25) is 5.28 Å². The number of aryl methyl sites for hydroxylation is 1. The SMILES string of the molecule is CCc1ccc(-c2nc(Cl)ns2)cc1. The molecule has 2 nitrogen and oxygen atoms in total. The molecule has 0 radical (unpaired) electrons. The summed E-state index contributed by atoms with van der Waals surface area (Å²) in [6, 6.07) is 8.31. The van der Waals surface area contributed by atoms with Crippen LogP contribution in [-0.2, 0) is 6.42 Å². The van der Waals surface area contributed by atoms with Crippen molar-refractivity contribution in [2.75, 3.05) is 0 Å². The van der Waals surface area contributed by atoms with Crippen molar-refractivity contribution in [3.05, 3.63) is 35.1 Å². The average molecular weight is 225 g/mol. The highest BCUT2D eigenvalue weighted by Gasteiger charge is 2.03. The first-order chi connectivity index (χ1) is 6.79. The zero-order valence-corrected chi connectivity index (χ0v) is 9.27. The smallest absolute Gasteiger partial charge is 0.205 e. The Hall–Kier alpha value is -0.930. The highest BCUT2D eigenvalue weighted by atomic mass is 35.5. The van der Waals surface area contributed by atoms with E-state index in [1.54, 1.807) is 0 Å². The second kappa shape index (κ2) is 4.07. The van der Waals surface area contributed by atoms with Crippen LogP contribution in [-0.4, -0.2) is 9.36 Å². The van der Waals surface area contributed by atoms with E-state index in [2.05, 4.69) is 40.5 Å². The third-order valence-electron chi connectivity index (χ3n) is 2.01. The van der Waals surface area contributed by atoms with Gasteiger partial charge in [-0.2, -0.15) is 4.37 Å². The molecule has 0 N–H and O–H groups in total. The van der Waals surface area contributed by atoms with Crippen LogP contribution in [0.15, 0.2) is 24.3 Å². The van der Waals surface area contributed by atoms with Gasteiger partial charge < -0.3 is 0 Å². The van der Waals surface area contributed by atoms with Gasteiger partial charge in [-0.3, -0.25) is 0 Å². The van der Waals surface area contributed by atoms with Crippen molar-refractivity contribution in [3.8, 4) is 10.6 Å². The lowest BCUT2D eigenvalue weighted by Gasteiger charge is -1.97. The van der Waals surface area contributed by atoms with Gasteiger partial charge in [0.1, 0.15) is 5.01 Å². The van der Waals surface area contributed by atoms with Crippen molar-refractivity contribution in [1.29, 1.82) is 0 Å². The zero-order chi connectivity index (χ0) is 9.97. The third kappa shape index (κ3) is 1.94. The summed E-state index contributed by atoms with van der Waals surface area (Å²) in [4.78, 5) is 4.11. The molecule has 2 rings (SSSR count). The van der Waals surface area contributed by atoms with E-state index >= 15 is 0 Å². The van der Waals surface area contributed by atoms with E-state index in [-0.39, 0.29) is 0 Å². The maximum Gasteiger partial charge on any atom is 0.234 e. The van der Waals surface area contributed by atoms with Crippen molar-refractivity contribution >= 4 is 23.1 Å². The van der Waals surface area contributed by atoms with E-state index in [1.807, 2.05) is 0 Å².